The summed E-state index contributed by atoms with van der Waals surface area (Å²) < 4.78 is 2.26. The summed E-state index contributed by atoms with van der Waals surface area (Å²) in [6.07, 6.45) is 5.38. The maximum Gasteiger partial charge on any atom is 0.267 e. The zero-order valence-corrected chi connectivity index (χ0v) is 10.8. The number of nitrogens with zero attached hydrogens (tertiary/aromatic N) is 2. The van der Waals surface area contributed by atoms with Crippen LogP contribution in [0.1, 0.15) is 5.69 Å². The molecule has 0 aromatic carbocycles. The highest BCUT2D eigenvalue weighted by atomic mass is 127. The number of thiol groups is 1. The molecule has 0 aliphatic carbocycles. The molecule has 3 nitrogen and oxygen atoms in total. The van der Waals surface area contributed by atoms with Crippen LogP contribution < -0.4 is 5.56 Å². The molecule has 1 rings (SSSR count). The summed E-state index contributed by atoms with van der Waals surface area (Å²) in [6, 6.07) is 0. The second-order valence-electron chi connectivity index (χ2n) is 2.76. The Kier molecular flexibility index (Phi) is 4.67. The van der Waals surface area contributed by atoms with E-state index in [0.717, 1.165) is 5.69 Å². The van der Waals surface area contributed by atoms with Gasteiger partial charge in [0.05, 0.1) is 15.6 Å². The van der Waals surface area contributed by atoms with Crippen LogP contribution >= 0.6 is 35.2 Å². The lowest BCUT2D eigenvalue weighted by atomic mass is 10.4. The number of hydrogen-bond donors (Lipinski definition) is 1. The molecule has 0 fully saturated rings. The van der Waals surface area contributed by atoms with Gasteiger partial charge in [0.25, 0.3) is 5.56 Å². The zero-order valence-electron chi connectivity index (χ0n) is 7.77. The molecule has 0 radical (unpaired) electrons. The summed E-state index contributed by atoms with van der Waals surface area (Å²) in [5.74, 6) is 0.686. The molecule has 0 saturated heterocycles. The number of aryl methyl sites for hydroxylation is 1. The molecule has 1 heterocycles. The van der Waals surface area contributed by atoms with Gasteiger partial charge in [-0.25, -0.2) is 4.98 Å². The highest BCUT2D eigenvalue weighted by molar-refractivity contribution is 14.1. The molecule has 1 aromatic heterocycles. The Morgan fingerprint density at radius 2 is 2.36 bits per heavy atom. The van der Waals surface area contributed by atoms with Crippen molar-refractivity contribution in [2.75, 3.05) is 5.75 Å². The van der Waals surface area contributed by atoms with Crippen molar-refractivity contribution in [1.29, 1.82) is 0 Å². The van der Waals surface area contributed by atoms with Gasteiger partial charge < -0.3 is 0 Å². The predicted molar refractivity (Wildman–Crippen MR) is 68.9 cm³/mol. The van der Waals surface area contributed by atoms with Crippen LogP contribution in [-0.2, 0) is 6.54 Å². The minimum absolute atomic E-state index is 0.0157. The highest BCUT2D eigenvalue weighted by Crippen LogP contribution is 2.01. The van der Waals surface area contributed by atoms with Gasteiger partial charge in [-0.05, 0) is 29.5 Å². The van der Waals surface area contributed by atoms with E-state index in [2.05, 4.69) is 17.6 Å². The van der Waals surface area contributed by atoms with E-state index in [0.29, 0.717) is 15.9 Å². The van der Waals surface area contributed by atoms with Gasteiger partial charge in [-0.2, -0.15) is 12.6 Å². The van der Waals surface area contributed by atoms with Crippen molar-refractivity contribution in [1.82, 2.24) is 9.55 Å². The van der Waals surface area contributed by atoms with E-state index in [-0.39, 0.29) is 5.56 Å². The van der Waals surface area contributed by atoms with E-state index in [1.54, 1.807) is 10.9 Å². The average molecular weight is 322 g/mol. The van der Waals surface area contributed by atoms with Crippen molar-refractivity contribution >= 4 is 35.2 Å². The van der Waals surface area contributed by atoms with Gasteiger partial charge in [0.2, 0.25) is 0 Å². The van der Waals surface area contributed by atoms with Gasteiger partial charge >= 0.3 is 0 Å². The summed E-state index contributed by atoms with van der Waals surface area (Å²) in [5, 5.41) is 0. The first-order valence-electron chi connectivity index (χ1n) is 4.14. The summed E-state index contributed by atoms with van der Waals surface area (Å²) >= 11 is 6.06. The SMILES string of the molecule is Cc1ncn(CC=CCS)c(=O)c1I. The average Bonchev–Trinajstić information content (AvgIpc) is 2.18. The quantitative estimate of drug-likeness (QED) is 0.522. The number of rotatable bonds is 3. The third-order valence-corrected chi connectivity index (χ3v) is 3.18. The summed E-state index contributed by atoms with van der Waals surface area (Å²) in [7, 11) is 0. The normalized spacial score (nSPS) is 11.1. The van der Waals surface area contributed by atoms with Gasteiger partial charge in [-0.15, -0.1) is 0 Å². The Balaban J connectivity index is 2.95. The molecule has 0 amide bonds. The maximum atomic E-state index is 11.6. The van der Waals surface area contributed by atoms with Gasteiger partial charge in [-0.1, -0.05) is 12.2 Å². The minimum atomic E-state index is 0.0157. The Morgan fingerprint density at radius 3 is 3.00 bits per heavy atom. The predicted octanol–water partition coefficient (Wildman–Crippen LogP) is 1.64. The van der Waals surface area contributed by atoms with Gasteiger partial charge in [0.15, 0.2) is 0 Å². The third-order valence-electron chi connectivity index (χ3n) is 1.73. The second kappa shape index (κ2) is 5.55. The van der Waals surface area contributed by atoms with E-state index >= 15 is 0 Å². The molecule has 0 spiro atoms. The molecular formula is C9H11IN2OS. The Morgan fingerprint density at radius 1 is 1.64 bits per heavy atom. The van der Waals surface area contributed by atoms with Crippen LogP contribution in [0, 0.1) is 10.5 Å². The first kappa shape index (κ1) is 11.8. The Hall–Kier alpha value is -0.300. The fourth-order valence-electron chi connectivity index (χ4n) is 0.939. The zero-order chi connectivity index (χ0) is 10.6. The van der Waals surface area contributed by atoms with Crippen LogP contribution in [0.4, 0.5) is 0 Å². The molecular weight excluding hydrogens is 311 g/mol. The third kappa shape index (κ3) is 2.84. The summed E-state index contributed by atoms with van der Waals surface area (Å²) in [5.41, 5.74) is 0.798. The largest absolute Gasteiger partial charge is 0.294 e. The molecule has 0 bridgehead atoms. The highest BCUT2D eigenvalue weighted by Gasteiger charge is 2.03. The number of halogens is 1. The minimum Gasteiger partial charge on any atom is -0.294 e. The fraction of sp³-hybridized carbons (Fsp3) is 0.333. The Labute approximate surface area is 102 Å². The van der Waals surface area contributed by atoms with Gasteiger partial charge in [0.1, 0.15) is 0 Å². The molecule has 0 unspecified atom stereocenters. The van der Waals surface area contributed by atoms with Crippen LogP contribution in [-0.4, -0.2) is 15.3 Å². The van der Waals surface area contributed by atoms with Crippen LogP contribution in [0.3, 0.4) is 0 Å². The number of aromatic nitrogens is 2. The number of allylic oxidation sites excluding steroid dienone is 1. The molecule has 14 heavy (non-hydrogen) atoms. The van der Waals surface area contributed by atoms with Crippen molar-refractivity contribution in [3.63, 3.8) is 0 Å². The lowest BCUT2D eigenvalue weighted by Gasteiger charge is -2.03. The molecule has 76 valence electrons. The molecule has 5 heteroatoms. The number of hydrogen-bond acceptors (Lipinski definition) is 3. The lowest BCUT2D eigenvalue weighted by molar-refractivity contribution is 0.739. The van der Waals surface area contributed by atoms with E-state index in [9.17, 15) is 4.79 Å². The smallest absolute Gasteiger partial charge is 0.267 e. The van der Waals surface area contributed by atoms with E-state index in [1.165, 1.54) is 0 Å². The van der Waals surface area contributed by atoms with Crippen molar-refractivity contribution in [3.05, 3.63) is 38.1 Å². The maximum absolute atomic E-state index is 11.6. The second-order valence-corrected chi connectivity index (χ2v) is 4.20. The van der Waals surface area contributed by atoms with Gasteiger partial charge in [0, 0.05) is 12.3 Å². The Bertz CT molecular complexity index is 400. The van der Waals surface area contributed by atoms with E-state index < -0.39 is 0 Å². The lowest BCUT2D eigenvalue weighted by Crippen LogP contribution is -2.23. The molecule has 0 saturated carbocycles. The van der Waals surface area contributed by atoms with Crippen LogP contribution in [0.2, 0.25) is 0 Å². The van der Waals surface area contributed by atoms with Crippen molar-refractivity contribution in [2.45, 2.75) is 13.5 Å². The molecule has 0 aliphatic rings. The van der Waals surface area contributed by atoms with Crippen molar-refractivity contribution in [2.24, 2.45) is 0 Å². The van der Waals surface area contributed by atoms with E-state index in [1.807, 2.05) is 41.7 Å². The van der Waals surface area contributed by atoms with E-state index in [4.69, 9.17) is 0 Å². The fourth-order valence-corrected chi connectivity index (χ4v) is 1.54. The van der Waals surface area contributed by atoms with Crippen LogP contribution in [0.5, 0.6) is 0 Å². The molecule has 1 aromatic rings. The van der Waals surface area contributed by atoms with Crippen LogP contribution in [0.15, 0.2) is 23.3 Å². The van der Waals surface area contributed by atoms with Gasteiger partial charge in [-0.3, -0.25) is 9.36 Å². The monoisotopic (exact) mass is 322 g/mol. The summed E-state index contributed by atoms with van der Waals surface area (Å²) in [6.45, 7) is 2.39. The van der Waals surface area contributed by atoms with Crippen molar-refractivity contribution in [3.8, 4) is 0 Å². The molecule has 0 atom stereocenters. The molecule has 0 N–H and O–H groups in total. The van der Waals surface area contributed by atoms with Crippen LogP contribution in [0.25, 0.3) is 0 Å². The first-order valence-corrected chi connectivity index (χ1v) is 5.85. The standard InChI is InChI=1S/C9H11IN2OS/c1-7-8(10)9(13)12(6-11-7)4-2-3-5-14/h2-3,6,14H,4-5H2,1H3. The molecule has 0 aliphatic heterocycles. The topological polar surface area (TPSA) is 34.9 Å². The first-order chi connectivity index (χ1) is 6.66. The van der Waals surface area contributed by atoms with Crippen molar-refractivity contribution < 1.29 is 0 Å². The summed E-state index contributed by atoms with van der Waals surface area (Å²) in [4.78, 5) is 15.8.